The van der Waals surface area contributed by atoms with Gasteiger partial charge in [-0.1, -0.05) is 17.7 Å². The van der Waals surface area contributed by atoms with Crippen molar-refractivity contribution in [2.75, 3.05) is 13.7 Å². The van der Waals surface area contributed by atoms with E-state index in [-0.39, 0.29) is 11.6 Å². The summed E-state index contributed by atoms with van der Waals surface area (Å²) in [4.78, 5) is 16.2. The zero-order chi connectivity index (χ0) is 18.7. The summed E-state index contributed by atoms with van der Waals surface area (Å²) in [5.41, 5.74) is 1.04. The van der Waals surface area contributed by atoms with Crippen LogP contribution in [-0.2, 0) is 9.53 Å². The maximum absolute atomic E-state index is 13.3. The molecule has 0 atom stereocenters. The molecule has 2 aromatic rings. The fraction of sp³-hybridized carbons (Fsp3) is 0.158. The lowest BCUT2D eigenvalue weighted by Crippen LogP contribution is -2.05. The van der Waals surface area contributed by atoms with E-state index >= 15 is 0 Å². The molecule has 0 aromatic heterocycles. The van der Waals surface area contributed by atoms with Crippen molar-refractivity contribution in [1.82, 2.24) is 0 Å². The number of nitrogens with zero attached hydrogens (tertiary/aromatic N) is 1. The quantitative estimate of drug-likeness (QED) is 0.579. The van der Waals surface area contributed by atoms with Gasteiger partial charge in [0.1, 0.15) is 5.82 Å². The second kappa shape index (κ2) is 7.58. The Morgan fingerprint density at radius 2 is 2.12 bits per heavy atom. The number of methoxy groups -OCH3 is 1. The van der Waals surface area contributed by atoms with Gasteiger partial charge in [-0.25, -0.2) is 14.2 Å². The van der Waals surface area contributed by atoms with Crippen molar-refractivity contribution in [2.24, 2.45) is 4.99 Å². The number of hydrogen-bond acceptors (Lipinski definition) is 5. The SMILES string of the molecule is CCOc1c(Cl)cc(C=C2N=C(c3cccc(F)c3)OC2=O)cc1OC. The van der Waals surface area contributed by atoms with Gasteiger partial charge in [0.15, 0.2) is 17.2 Å². The van der Waals surface area contributed by atoms with Crippen LogP contribution in [0.3, 0.4) is 0 Å². The summed E-state index contributed by atoms with van der Waals surface area (Å²) < 4.78 is 29.2. The van der Waals surface area contributed by atoms with Crippen LogP contribution in [0.25, 0.3) is 6.08 Å². The van der Waals surface area contributed by atoms with Gasteiger partial charge in [0.2, 0.25) is 5.90 Å². The van der Waals surface area contributed by atoms with Crippen molar-refractivity contribution in [3.63, 3.8) is 0 Å². The van der Waals surface area contributed by atoms with Gasteiger partial charge in [-0.05, 0) is 48.9 Å². The lowest BCUT2D eigenvalue weighted by Gasteiger charge is -2.11. The highest BCUT2D eigenvalue weighted by Gasteiger charge is 2.24. The Hall–Kier alpha value is -2.86. The predicted molar refractivity (Wildman–Crippen MR) is 96.2 cm³/mol. The molecule has 7 heteroatoms. The van der Waals surface area contributed by atoms with Crippen LogP contribution in [0.15, 0.2) is 47.1 Å². The van der Waals surface area contributed by atoms with Crippen molar-refractivity contribution in [3.8, 4) is 11.5 Å². The van der Waals surface area contributed by atoms with Crippen molar-refractivity contribution < 1.29 is 23.4 Å². The first-order valence-corrected chi connectivity index (χ1v) is 8.18. The summed E-state index contributed by atoms with van der Waals surface area (Å²) in [6.45, 7) is 2.27. The van der Waals surface area contributed by atoms with Gasteiger partial charge in [-0.2, -0.15) is 0 Å². The van der Waals surface area contributed by atoms with E-state index in [0.717, 1.165) is 0 Å². The van der Waals surface area contributed by atoms with Crippen LogP contribution in [0.2, 0.25) is 5.02 Å². The predicted octanol–water partition coefficient (Wildman–Crippen LogP) is 4.23. The maximum atomic E-state index is 13.3. The lowest BCUT2D eigenvalue weighted by atomic mass is 10.1. The molecule has 0 radical (unpaired) electrons. The molecule has 0 amide bonds. The molecule has 0 saturated heterocycles. The summed E-state index contributed by atoms with van der Waals surface area (Å²) >= 11 is 6.23. The Balaban J connectivity index is 1.97. The van der Waals surface area contributed by atoms with Crippen LogP contribution >= 0.6 is 11.6 Å². The van der Waals surface area contributed by atoms with Crippen molar-refractivity contribution >= 4 is 29.5 Å². The minimum absolute atomic E-state index is 0.0461. The van der Waals surface area contributed by atoms with E-state index in [1.807, 2.05) is 6.92 Å². The topological polar surface area (TPSA) is 57.1 Å². The Morgan fingerprint density at radius 1 is 1.31 bits per heavy atom. The lowest BCUT2D eigenvalue weighted by molar-refractivity contribution is -0.129. The van der Waals surface area contributed by atoms with E-state index in [1.165, 1.54) is 31.4 Å². The number of aliphatic imine (C=N–C) groups is 1. The third-order valence-corrected chi connectivity index (χ3v) is 3.82. The maximum Gasteiger partial charge on any atom is 0.363 e. The van der Waals surface area contributed by atoms with Gasteiger partial charge < -0.3 is 14.2 Å². The second-order valence-electron chi connectivity index (χ2n) is 5.31. The molecule has 0 N–H and O–H groups in total. The fourth-order valence-electron chi connectivity index (χ4n) is 2.42. The van der Waals surface area contributed by atoms with E-state index in [4.69, 9.17) is 25.8 Å². The fourth-order valence-corrected chi connectivity index (χ4v) is 2.69. The molecule has 0 spiro atoms. The summed E-state index contributed by atoms with van der Waals surface area (Å²) in [5, 5.41) is 0.346. The number of benzene rings is 2. The number of ether oxygens (including phenoxy) is 3. The van der Waals surface area contributed by atoms with E-state index in [1.54, 1.807) is 18.2 Å². The van der Waals surface area contributed by atoms with E-state index in [0.29, 0.717) is 34.3 Å². The van der Waals surface area contributed by atoms with Crippen LogP contribution in [0.5, 0.6) is 11.5 Å². The first-order chi connectivity index (χ1) is 12.5. The summed E-state index contributed by atoms with van der Waals surface area (Å²) in [6.07, 6.45) is 1.51. The van der Waals surface area contributed by atoms with Crippen LogP contribution in [0.4, 0.5) is 4.39 Å². The third kappa shape index (κ3) is 3.70. The molecular weight excluding hydrogens is 361 g/mol. The molecule has 0 unspecified atom stereocenters. The molecule has 5 nitrogen and oxygen atoms in total. The van der Waals surface area contributed by atoms with Gasteiger partial charge in [0.05, 0.1) is 18.7 Å². The zero-order valence-electron chi connectivity index (χ0n) is 14.1. The molecular formula is C19H15ClFNO4. The normalized spacial score (nSPS) is 15.0. The highest BCUT2D eigenvalue weighted by atomic mass is 35.5. The number of halogens is 2. The molecule has 2 aromatic carbocycles. The van der Waals surface area contributed by atoms with E-state index in [2.05, 4.69) is 4.99 Å². The molecule has 1 heterocycles. The number of carbonyl (C=O) groups excluding carboxylic acids is 1. The molecule has 0 fully saturated rings. The molecule has 26 heavy (non-hydrogen) atoms. The Bertz CT molecular complexity index is 924. The van der Waals surface area contributed by atoms with Crippen molar-refractivity contribution in [2.45, 2.75) is 6.92 Å². The minimum atomic E-state index is -0.631. The number of carbonyl (C=O) groups is 1. The third-order valence-electron chi connectivity index (χ3n) is 3.54. The molecule has 1 aliphatic heterocycles. The minimum Gasteiger partial charge on any atom is -0.493 e. The largest absolute Gasteiger partial charge is 0.493 e. The highest BCUT2D eigenvalue weighted by molar-refractivity contribution is 6.32. The van der Waals surface area contributed by atoms with Crippen LogP contribution < -0.4 is 9.47 Å². The Labute approximate surface area is 154 Å². The second-order valence-corrected chi connectivity index (χ2v) is 5.72. The molecule has 134 valence electrons. The average Bonchev–Trinajstić information content (AvgIpc) is 2.98. The standard InChI is InChI=1S/C19H15ClFNO4/c1-3-25-17-14(20)7-11(9-16(17)24-2)8-15-19(23)26-18(22-15)12-5-4-6-13(21)10-12/h4-10H,3H2,1-2H3. The summed E-state index contributed by atoms with van der Waals surface area (Å²) in [6, 6.07) is 8.96. The van der Waals surface area contributed by atoms with Crippen molar-refractivity contribution in [3.05, 3.63) is 64.1 Å². The smallest absolute Gasteiger partial charge is 0.363 e. The van der Waals surface area contributed by atoms with Gasteiger partial charge >= 0.3 is 5.97 Å². The highest BCUT2D eigenvalue weighted by Crippen LogP contribution is 2.37. The van der Waals surface area contributed by atoms with Gasteiger partial charge in [0, 0.05) is 5.56 Å². The first kappa shape index (κ1) is 17.9. The van der Waals surface area contributed by atoms with E-state index in [9.17, 15) is 9.18 Å². The number of cyclic esters (lactones) is 1. The number of hydrogen-bond donors (Lipinski definition) is 0. The zero-order valence-corrected chi connectivity index (χ0v) is 14.8. The van der Waals surface area contributed by atoms with Crippen molar-refractivity contribution in [1.29, 1.82) is 0 Å². The molecule has 3 rings (SSSR count). The van der Waals surface area contributed by atoms with Gasteiger partial charge in [0.25, 0.3) is 0 Å². The molecule has 1 aliphatic rings. The summed E-state index contributed by atoms with van der Waals surface area (Å²) in [5.74, 6) is -0.164. The Morgan fingerprint density at radius 3 is 2.81 bits per heavy atom. The number of rotatable bonds is 5. The Kier molecular flexibility index (Phi) is 5.23. The first-order valence-electron chi connectivity index (χ1n) is 7.80. The van der Waals surface area contributed by atoms with Gasteiger partial charge in [-0.15, -0.1) is 0 Å². The number of esters is 1. The monoisotopic (exact) mass is 375 g/mol. The molecule has 0 aliphatic carbocycles. The van der Waals surface area contributed by atoms with Gasteiger partial charge in [-0.3, -0.25) is 0 Å². The molecule has 0 saturated carbocycles. The van der Waals surface area contributed by atoms with Crippen LogP contribution in [0, 0.1) is 5.82 Å². The van der Waals surface area contributed by atoms with Crippen LogP contribution in [-0.4, -0.2) is 25.6 Å². The molecule has 0 bridgehead atoms. The van der Waals surface area contributed by atoms with E-state index < -0.39 is 11.8 Å². The average molecular weight is 376 g/mol. The summed E-state index contributed by atoms with van der Waals surface area (Å²) in [7, 11) is 1.50. The van der Waals surface area contributed by atoms with Crippen LogP contribution in [0.1, 0.15) is 18.1 Å².